The zero-order valence-corrected chi connectivity index (χ0v) is 13.5. The first-order valence-electron chi connectivity index (χ1n) is 5.78. The molecule has 2 N–H and O–H groups in total. The van der Waals surface area contributed by atoms with Gasteiger partial charge in [0.25, 0.3) is 0 Å². The number of sulfonamides is 1. The van der Waals surface area contributed by atoms with E-state index in [1.165, 1.54) is 19.2 Å². The van der Waals surface area contributed by atoms with Gasteiger partial charge in [-0.2, -0.15) is 0 Å². The number of hydrogen-bond donors (Lipinski definition) is 2. The van der Waals surface area contributed by atoms with Gasteiger partial charge in [0.05, 0.1) is 16.5 Å². The number of aliphatic hydroxyl groups excluding tert-OH is 1. The van der Waals surface area contributed by atoms with Gasteiger partial charge in [-0.15, -0.1) is 0 Å². The second-order valence-electron chi connectivity index (χ2n) is 4.37. The molecule has 0 saturated heterocycles. The van der Waals surface area contributed by atoms with Gasteiger partial charge >= 0.3 is 0 Å². The summed E-state index contributed by atoms with van der Waals surface area (Å²) in [5.41, 5.74) is 0. The van der Waals surface area contributed by atoms with E-state index >= 15 is 0 Å². The van der Waals surface area contributed by atoms with Crippen molar-refractivity contribution in [2.45, 2.75) is 24.8 Å². The third-order valence-electron chi connectivity index (χ3n) is 2.92. The summed E-state index contributed by atoms with van der Waals surface area (Å²) in [6, 6.07) is 4.19. The van der Waals surface area contributed by atoms with Gasteiger partial charge in [-0.3, -0.25) is 0 Å². The molecule has 0 radical (unpaired) electrons. The number of benzene rings is 1. The van der Waals surface area contributed by atoms with Crippen LogP contribution in [0.4, 0.5) is 0 Å². The van der Waals surface area contributed by atoms with E-state index in [4.69, 9.17) is 9.84 Å². The van der Waals surface area contributed by atoms with Crippen molar-refractivity contribution in [3.63, 3.8) is 0 Å². The van der Waals surface area contributed by atoms with Gasteiger partial charge in [-0.1, -0.05) is 6.92 Å². The van der Waals surface area contributed by atoms with Crippen molar-refractivity contribution >= 4 is 26.0 Å². The van der Waals surface area contributed by atoms with E-state index in [1.54, 1.807) is 19.9 Å². The quantitative estimate of drug-likeness (QED) is 0.818. The molecule has 0 aliphatic carbocycles. The lowest BCUT2D eigenvalue weighted by molar-refractivity contribution is 0.216. The van der Waals surface area contributed by atoms with Crippen LogP contribution in [0, 0.1) is 5.92 Å². The Hall–Kier alpha value is -0.630. The Labute approximate surface area is 122 Å². The van der Waals surface area contributed by atoms with Gasteiger partial charge in [0.1, 0.15) is 5.75 Å². The fourth-order valence-corrected chi connectivity index (χ4v) is 3.47. The molecular weight excluding hydrogens is 334 g/mol. The lowest BCUT2D eigenvalue weighted by Gasteiger charge is -2.19. The average Bonchev–Trinajstić information content (AvgIpc) is 2.37. The first-order valence-corrected chi connectivity index (χ1v) is 8.06. The van der Waals surface area contributed by atoms with Crippen molar-refractivity contribution in [3.05, 3.63) is 22.7 Å². The highest BCUT2D eigenvalue weighted by Gasteiger charge is 2.21. The van der Waals surface area contributed by atoms with Crippen molar-refractivity contribution in [1.82, 2.24) is 4.72 Å². The monoisotopic (exact) mass is 351 g/mol. The topological polar surface area (TPSA) is 75.6 Å². The lowest BCUT2D eigenvalue weighted by Crippen LogP contribution is -2.38. The molecule has 5 nitrogen and oxygen atoms in total. The molecule has 2 unspecified atom stereocenters. The Balaban J connectivity index is 2.98. The van der Waals surface area contributed by atoms with E-state index in [0.29, 0.717) is 10.2 Å². The Morgan fingerprint density at radius 1 is 1.42 bits per heavy atom. The zero-order chi connectivity index (χ0) is 14.6. The third kappa shape index (κ3) is 4.17. The zero-order valence-electron chi connectivity index (χ0n) is 11.1. The maximum atomic E-state index is 12.2. The van der Waals surface area contributed by atoms with Crippen LogP contribution >= 0.6 is 15.9 Å². The van der Waals surface area contributed by atoms with Gasteiger partial charge in [0, 0.05) is 12.6 Å². The minimum absolute atomic E-state index is 0.0734. The Morgan fingerprint density at radius 3 is 2.53 bits per heavy atom. The van der Waals surface area contributed by atoms with Crippen LogP contribution in [-0.4, -0.2) is 33.3 Å². The molecule has 1 aromatic carbocycles. The molecule has 7 heteroatoms. The van der Waals surface area contributed by atoms with Crippen LogP contribution in [0.2, 0.25) is 0 Å². The van der Waals surface area contributed by atoms with Crippen LogP contribution in [0.15, 0.2) is 27.6 Å². The van der Waals surface area contributed by atoms with E-state index < -0.39 is 10.0 Å². The molecule has 0 saturated carbocycles. The number of halogens is 1. The molecule has 0 bridgehead atoms. The van der Waals surface area contributed by atoms with Crippen LogP contribution in [0.5, 0.6) is 5.75 Å². The van der Waals surface area contributed by atoms with Crippen molar-refractivity contribution in [2.75, 3.05) is 13.7 Å². The summed E-state index contributed by atoms with van der Waals surface area (Å²) in [6.45, 7) is 3.42. The van der Waals surface area contributed by atoms with Crippen molar-refractivity contribution in [3.8, 4) is 5.75 Å². The Kier molecular flexibility index (Phi) is 5.79. The first kappa shape index (κ1) is 16.4. The number of rotatable bonds is 6. The molecule has 0 aliphatic rings. The minimum atomic E-state index is -3.61. The van der Waals surface area contributed by atoms with E-state index in [1.807, 2.05) is 0 Å². The molecule has 1 aromatic rings. The number of methoxy groups -OCH3 is 1. The summed E-state index contributed by atoms with van der Waals surface area (Å²) >= 11 is 3.25. The summed E-state index contributed by atoms with van der Waals surface area (Å²) in [6.07, 6.45) is 0. The highest BCUT2D eigenvalue weighted by atomic mass is 79.9. The molecule has 0 aliphatic heterocycles. The highest BCUT2D eigenvalue weighted by Crippen LogP contribution is 2.27. The molecule has 0 fully saturated rings. The summed E-state index contributed by atoms with van der Waals surface area (Å²) in [4.78, 5) is 0.150. The molecular formula is C12H18BrNO4S. The van der Waals surface area contributed by atoms with Crippen LogP contribution in [0.25, 0.3) is 0 Å². The summed E-state index contributed by atoms with van der Waals surface area (Å²) in [7, 11) is -2.10. The number of ether oxygens (including phenoxy) is 1. The number of hydrogen-bond acceptors (Lipinski definition) is 4. The first-order chi connectivity index (χ1) is 8.81. The largest absolute Gasteiger partial charge is 0.496 e. The second-order valence-corrected chi connectivity index (χ2v) is 6.93. The van der Waals surface area contributed by atoms with Gasteiger partial charge in [-0.25, -0.2) is 13.1 Å². The number of aliphatic hydroxyl groups is 1. The number of nitrogens with one attached hydrogen (secondary N) is 1. The molecule has 0 amide bonds. The summed E-state index contributed by atoms with van der Waals surface area (Å²) in [5.74, 6) is 0.409. The van der Waals surface area contributed by atoms with Crippen molar-refractivity contribution in [1.29, 1.82) is 0 Å². The SMILES string of the molecule is COc1ccc(S(=O)(=O)NC(C)C(C)CO)cc1Br. The van der Waals surface area contributed by atoms with Crippen molar-refractivity contribution < 1.29 is 18.3 Å². The Morgan fingerprint density at radius 2 is 2.05 bits per heavy atom. The van der Waals surface area contributed by atoms with E-state index in [2.05, 4.69) is 20.7 Å². The maximum absolute atomic E-state index is 12.2. The fourth-order valence-electron chi connectivity index (χ4n) is 1.40. The van der Waals surface area contributed by atoms with Crippen LogP contribution in [0.3, 0.4) is 0 Å². The average molecular weight is 352 g/mol. The summed E-state index contributed by atoms with van der Waals surface area (Å²) in [5, 5.41) is 9.03. The standard InChI is InChI=1S/C12H18BrNO4S/c1-8(7-15)9(2)14-19(16,17)10-4-5-12(18-3)11(13)6-10/h4-6,8-9,14-15H,7H2,1-3H3. The third-order valence-corrected chi connectivity index (χ3v) is 5.09. The molecule has 1 rings (SSSR count). The van der Waals surface area contributed by atoms with Crippen LogP contribution in [0.1, 0.15) is 13.8 Å². The maximum Gasteiger partial charge on any atom is 0.240 e. The van der Waals surface area contributed by atoms with Crippen LogP contribution in [-0.2, 0) is 10.0 Å². The van der Waals surface area contributed by atoms with Gasteiger partial charge in [-0.05, 0) is 47.0 Å². The molecule has 0 aromatic heterocycles. The van der Waals surface area contributed by atoms with E-state index in [-0.39, 0.29) is 23.5 Å². The highest BCUT2D eigenvalue weighted by molar-refractivity contribution is 9.10. The molecule has 19 heavy (non-hydrogen) atoms. The second kappa shape index (κ2) is 6.69. The normalized spacial score (nSPS) is 15.0. The van der Waals surface area contributed by atoms with E-state index in [9.17, 15) is 8.42 Å². The van der Waals surface area contributed by atoms with E-state index in [0.717, 1.165) is 0 Å². The smallest absolute Gasteiger partial charge is 0.240 e. The van der Waals surface area contributed by atoms with Gasteiger partial charge < -0.3 is 9.84 Å². The molecule has 0 spiro atoms. The predicted octanol–water partition coefficient (Wildman–Crippen LogP) is 1.75. The molecule has 108 valence electrons. The van der Waals surface area contributed by atoms with Gasteiger partial charge in [0.15, 0.2) is 0 Å². The van der Waals surface area contributed by atoms with Crippen molar-refractivity contribution in [2.24, 2.45) is 5.92 Å². The minimum Gasteiger partial charge on any atom is -0.496 e. The fraction of sp³-hybridized carbons (Fsp3) is 0.500. The molecule has 0 heterocycles. The van der Waals surface area contributed by atoms with Crippen LogP contribution < -0.4 is 9.46 Å². The van der Waals surface area contributed by atoms with Gasteiger partial charge in [0.2, 0.25) is 10.0 Å². The lowest BCUT2D eigenvalue weighted by atomic mass is 10.1. The Bertz CT molecular complexity index is 533. The predicted molar refractivity (Wildman–Crippen MR) is 76.7 cm³/mol. The summed E-state index contributed by atoms with van der Waals surface area (Å²) < 4.78 is 32.5. The molecule has 2 atom stereocenters.